The Bertz CT molecular complexity index is 1690. The number of fused-ring (bicyclic) bond motifs is 1. The Morgan fingerprint density at radius 3 is 2.22 bits per heavy atom. The van der Waals surface area contributed by atoms with Gasteiger partial charge in [0.2, 0.25) is 0 Å². The number of benzene rings is 2. The zero-order valence-electron chi connectivity index (χ0n) is 35.4. The van der Waals surface area contributed by atoms with E-state index >= 15 is 0 Å². The van der Waals surface area contributed by atoms with Crippen LogP contribution in [-0.4, -0.2) is 54.6 Å². The molecule has 2 aromatic carbocycles. The molecule has 1 aliphatic heterocycles. The number of piperazine rings is 1. The van der Waals surface area contributed by atoms with E-state index in [9.17, 15) is 0 Å². The van der Waals surface area contributed by atoms with Crippen molar-refractivity contribution in [2.75, 3.05) is 45.1 Å². The summed E-state index contributed by atoms with van der Waals surface area (Å²) < 4.78 is 6.51. The highest BCUT2D eigenvalue weighted by atomic mass is 16.5. The molecule has 0 saturated carbocycles. The molecule has 3 aromatic rings. The summed E-state index contributed by atoms with van der Waals surface area (Å²) in [4.78, 5) is 9.47. The number of allylic oxidation sites excluding steroid dienone is 5. The minimum absolute atomic E-state index is 0.0942. The lowest BCUT2D eigenvalue weighted by atomic mass is 9.85. The van der Waals surface area contributed by atoms with E-state index in [0.29, 0.717) is 5.92 Å². The van der Waals surface area contributed by atoms with Gasteiger partial charge in [-0.05, 0) is 107 Å². The first-order chi connectivity index (χ1) is 25.8. The molecule has 2 heterocycles. The van der Waals surface area contributed by atoms with Crippen LogP contribution < -0.4 is 26.4 Å². The van der Waals surface area contributed by atoms with Gasteiger partial charge in [-0.1, -0.05) is 84.0 Å². The fourth-order valence-corrected chi connectivity index (χ4v) is 5.74. The number of nitrogens with two attached hydrogens (primary N) is 1. The molecule has 0 radical (unpaired) electrons. The minimum Gasteiger partial charge on any atom is -0.457 e. The molecule has 54 heavy (non-hydrogen) atoms. The molecule has 0 spiro atoms. The first-order valence-corrected chi connectivity index (χ1v) is 19.7. The van der Waals surface area contributed by atoms with Gasteiger partial charge in [0.25, 0.3) is 0 Å². The van der Waals surface area contributed by atoms with E-state index in [-0.39, 0.29) is 5.41 Å². The number of aromatic nitrogens is 1. The number of nitrogens with one attached hydrogen (secondary N) is 3. The number of hydrogen-bond acceptors (Lipinski definition) is 8. The Hall–Kier alpha value is -4.53. The van der Waals surface area contributed by atoms with Crippen molar-refractivity contribution in [2.45, 2.75) is 88.6 Å². The maximum atomic E-state index is 6.51. The van der Waals surface area contributed by atoms with E-state index in [4.69, 9.17) is 10.5 Å². The zero-order chi connectivity index (χ0) is 40.1. The Balaban J connectivity index is 0.00000100. The summed E-state index contributed by atoms with van der Waals surface area (Å²) in [5.74, 6) is 3.09. The second-order valence-electron chi connectivity index (χ2n) is 14.7. The first-order valence-electron chi connectivity index (χ1n) is 19.7. The molecule has 0 aliphatic carbocycles. The largest absolute Gasteiger partial charge is 0.457 e. The lowest BCUT2D eigenvalue weighted by Crippen LogP contribution is -2.43. The molecule has 1 aromatic heterocycles. The van der Waals surface area contributed by atoms with Gasteiger partial charge in [0.15, 0.2) is 0 Å². The van der Waals surface area contributed by atoms with Gasteiger partial charge in [-0.25, -0.2) is 0 Å². The van der Waals surface area contributed by atoms with Gasteiger partial charge in [0.05, 0.1) is 5.69 Å². The average Bonchev–Trinajstić information content (AvgIpc) is 3.16. The molecule has 1 aliphatic rings. The Labute approximate surface area is 328 Å². The van der Waals surface area contributed by atoms with Crippen molar-refractivity contribution in [2.24, 2.45) is 17.1 Å². The van der Waals surface area contributed by atoms with Crippen LogP contribution in [0.3, 0.4) is 0 Å². The Kier molecular flexibility index (Phi) is 20.3. The standard InChI is InChI=1S/C39H55N5O.C4H9N.C3H7N/c1-10-28(4)32(11-2)36(25-29(5)39(6,7)8)42-38(12-3)41-35-17-18-37(34-16-14-13-15-33(34)35)45-31-19-20-40-30(26-31)27-44-23-21-43(9)22-24-44;1-3-5-4-2;1-2-3-4/h12-20,25-26,28,41-42H,10-11,21-24,27H2,1-9H3;3,5H,1,4H2,2H3;2-3H,4H2,1H3/b29-25+,36-32+,38-12?;;. The molecular formula is C46H71N7O. The molecule has 1 saturated heterocycles. The zero-order valence-corrected chi connectivity index (χ0v) is 35.4. The van der Waals surface area contributed by atoms with Crippen LogP contribution in [0.25, 0.3) is 10.8 Å². The third-order valence-corrected chi connectivity index (χ3v) is 9.73. The van der Waals surface area contributed by atoms with Crippen molar-refractivity contribution in [1.82, 2.24) is 25.4 Å². The van der Waals surface area contributed by atoms with Crippen LogP contribution in [0.2, 0.25) is 0 Å². The van der Waals surface area contributed by atoms with Crippen molar-refractivity contribution in [3.63, 3.8) is 0 Å². The molecule has 5 N–H and O–H groups in total. The summed E-state index contributed by atoms with van der Waals surface area (Å²) in [6.07, 6.45) is 13.4. The summed E-state index contributed by atoms with van der Waals surface area (Å²) in [6, 6.07) is 16.6. The van der Waals surface area contributed by atoms with Crippen LogP contribution in [-0.2, 0) is 6.54 Å². The van der Waals surface area contributed by atoms with Crippen molar-refractivity contribution in [3.8, 4) is 11.5 Å². The Morgan fingerprint density at radius 2 is 1.69 bits per heavy atom. The highest BCUT2D eigenvalue weighted by molar-refractivity contribution is 5.98. The molecule has 0 bridgehead atoms. The van der Waals surface area contributed by atoms with Gasteiger partial charge in [-0.15, -0.1) is 0 Å². The summed E-state index contributed by atoms with van der Waals surface area (Å²) in [7, 11) is 2.18. The van der Waals surface area contributed by atoms with Crippen molar-refractivity contribution < 1.29 is 4.74 Å². The molecule has 1 fully saturated rings. The van der Waals surface area contributed by atoms with Gasteiger partial charge in [0.1, 0.15) is 17.3 Å². The molecule has 4 rings (SSSR count). The molecule has 8 nitrogen and oxygen atoms in total. The van der Waals surface area contributed by atoms with E-state index in [2.05, 4.69) is 154 Å². The van der Waals surface area contributed by atoms with E-state index in [1.54, 1.807) is 12.3 Å². The highest BCUT2D eigenvalue weighted by Crippen LogP contribution is 2.35. The van der Waals surface area contributed by atoms with Crippen molar-refractivity contribution >= 4 is 16.5 Å². The van der Waals surface area contributed by atoms with Crippen molar-refractivity contribution in [1.29, 1.82) is 0 Å². The lowest BCUT2D eigenvalue weighted by Gasteiger charge is -2.32. The third kappa shape index (κ3) is 15.1. The number of rotatable bonds is 14. The average molecular weight is 738 g/mol. The summed E-state index contributed by atoms with van der Waals surface area (Å²) >= 11 is 0. The number of nitrogens with zero attached hydrogens (tertiary/aromatic N) is 3. The maximum Gasteiger partial charge on any atom is 0.135 e. The topological polar surface area (TPSA) is 90.7 Å². The van der Waals surface area contributed by atoms with E-state index < -0.39 is 0 Å². The highest BCUT2D eigenvalue weighted by Gasteiger charge is 2.18. The monoisotopic (exact) mass is 738 g/mol. The predicted molar refractivity (Wildman–Crippen MR) is 234 cm³/mol. The van der Waals surface area contributed by atoms with Gasteiger partial charge in [0, 0.05) is 73.7 Å². The second kappa shape index (κ2) is 24.0. The van der Waals surface area contributed by atoms with Gasteiger partial charge < -0.3 is 31.3 Å². The quantitative estimate of drug-likeness (QED) is 0.122. The summed E-state index contributed by atoms with van der Waals surface area (Å²) in [6.45, 7) is 31.5. The fourth-order valence-electron chi connectivity index (χ4n) is 5.74. The minimum atomic E-state index is 0.0942. The van der Waals surface area contributed by atoms with E-state index in [1.165, 1.54) is 23.0 Å². The van der Waals surface area contributed by atoms with Crippen LogP contribution in [0.15, 0.2) is 115 Å². The maximum absolute atomic E-state index is 6.51. The van der Waals surface area contributed by atoms with Crippen LogP contribution in [0.5, 0.6) is 11.5 Å². The van der Waals surface area contributed by atoms with Crippen LogP contribution in [0.4, 0.5) is 5.69 Å². The number of pyridine rings is 1. The third-order valence-electron chi connectivity index (χ3n) is 9.73. The van der Waals surface area contributed by atoms with Gasteiger partial charge >= 0.3 is 0 Å². The van der Waals surface area contributed by atoms with E-state index in [0.717, 1.165) is 91.6 Å². The molecule has 8 heteroatoms. The molecule has 0 amide bonds. The summed E-state index contributed by atoms with van der Waals surface area (Å²) in [5, 5.41) is 12.5. The van der Waals surface area contributed by atoms with Gasteiger partial charge in [-0.3, -0.25) is 9.88 Å². The number of hydrogen-bond donors (Lipinski definition) is 4. The molecular weight excluding hydrogens is 667 g/mol. The van der Waals surface area contributed by atoms with Gasteiger partial charge in [-0.2, -0.15) is 0 Å². The van der Waals surface area contributed by atoms with Crippen molar-refractivity contribution in [3.05, 3.63) is 120 Å². The second-order valence-corrected chi connectivity index (χ2v) is 14.7. The SMILES string of the molecule is C=CNCC.CC=C(NC(/C=C(\C)C(C)(C)C)=C(\CC)C(C)CC)Nc1ccc(Oc2ccnc(CN3CCN(C)CC3)c2)c2ccccc12.CC=CN. The smallest absolute Gasteiger partial charge is 0.135 e. The summed E-state index contributed by atoms with van der Waals surface area (Å²) in [5.41, 5.74) is 11.0. The molecule has 1 unspecified atom stereocenters. The normalized spacial score (nSPS) is 15.3. The molecule has 296 valence electrons. The number of likely N-dealkylation sites (N-methyl/N-ethyl adjacent to an activating group) is 1. The Morgan fingerprint density at radius 1 is 1.02 bits per heavy atom. The van der Waals surface area contributed by atoms with Crippen LogP contribution in [0, 0.1) is 11.3 Å². The lowest BCUT2D eigenvalue weighted by molar-refractivity contribution is 0.147. The van der Waals surface area contributed by atoms with Crippen LogP contribution in [0.1, 0.15) is 87.8 Å². The van der Waals surface area contributed by atoms with E-state index in [1.807, 2.05) is 26.1 Å². The number of ether oxygens (including phenoxy) is 1. The first kappa shape index (κ1) is 45.6. The number of anilines is 1. The fraction of sp³-hybridized carbons (Fsp3) is 0.457. The van der Waals surface area contributed by atoms with Crippen LogP contribution >= 0.6 is 0 Å². The predicted octanol–water partition coefficient (Wildman–Crippen LogP) is 10.6. The molecule has 1 atom stereocenters.